The molecule has 0 spiro atoms. The Balaban J connectivity index is 1.73. The van der Waals surface area contributed by atoms with Crippen molar-refractivity contribution in [2.24, 2.45) is 0 Å². The first-order chi connectivity index (χ1) is 9.85. The SMILES string of the molecule is COc1cccc2oc(C3Cc4nc[nH]c4CN3)nc12. The number of hydrogen-bond donors (Lipinski definition) is 2. The van der Waals surface area contributed by atoms with Crippen LogP contribution in [0, 0.1) is 0 Å². The zero-order chi connectivity index (χ0) is 13.5. The standard InChI is InChI=1S/C14H14N4O2/c1-19-11-3-2-4-12-13(11)18-14(20-12)9-5-8-10(6-15-9)17-7-16-8/h2-4,7,9,15H,5-6H2,1H3,(H,16,17). The molecule has 20 heavy (non-hydrogen) atoms. The van der Waals surface area contributed by atoms with Crippen LogP contribution in [0.25, 0.3) is 11.1 Å². The molecule has 0 aliphatic carbocycles. The molecule has 3 aromatic rings. The summed E-state index contributed by atoms with van der Waals surface area (Å²) < 4.78 is 11.2. The summed E-state index contributed by atoms with van der Waals surface area (Å²) in [6.07, 6.45) is 2.50. The number of benzene rings is 1. The molecule has 1 unspecified atom stereocenters. The molecule has 2 N–H and O–H groups in total. The number of para-hydroxylation sites is 1. The number of H-pyrrole nitrogens is 1. The van der Waals surface area contributed by atoms with Crippen molar-refractivity contribution in [2.45, 2.75) is 19.0 Å². The molecule has 0 saturated carbocycles. The number of hydrogen-bond acceptors (Lipinski definition) is 5. The van der Waals surface area contributed by atoms with Crippen LogP contribution in [-0.4, -0.2) is 22.1 Å². The van der Waals surface area contributed by atoms with Crippen LogP contribution >= 0.6 is 0 Å². The van der Waals surface area contributed by atoms with Crippen LogP contribution in [0.1, 0.15) is 23.3 Å². The molecule has 0 fully saturated rings. The van der Waals surface area contributed by atoms with Crippen molar-refractivity contribution in [3.05, 3.63) is 41.8 Å². The van der Waals surface area contributed by atoms with Crippen LogP contribution in [-0.2, 0) is 13.0 Å². The van der Waals surface area contributed by atoms with Gasteiger partial charge in [-0.15, -0.1) is 0 Å². The van der Waals surface area contributed by atoms with Crippen LogP contribution in [0.4, 0.5) is 0 Å². The zero-order valence-electron chi connectivity index (χ0n) is 11.0. The van der Waals surface area contributed by atoms with Gasteiger partial charge in [-0.25, -0.2) is 9.97 Å². The first kappa shape index (κ1) is 11.5. The molecule has 1 atom stereocenters. The average Bonchev–Trinajstić information content (AvgIpc) is 3.11. The number of rotatable bonds is 2. The summed E-state index contributed by atoms with van der Waals surface area (Å²) in [5.41, 5.74) is 3.71. The third-order valence-electron chi connectivity index (χ3n) is 3.65. The predicted octanol–water partition coefficient (Wildman–Crippen LogP) is 1.95. The second-order valence-corrected chi connectivity index (χ2v) is 4.82. The Kier molecular flexibility index (Phi) is 2.50. The molecule has 4 rings (SSSR count). The van der Waals surface area contributed by atoms with Crippen molar-refractivity contribution in [3.63, 3.8) is 0 Å². The Morgan fingerprint density at radius 3 is 3.25 bits per heavy atom. The number of aromatic nitrogens is 3. The van der Waals surface area contributed by atoms with E-state index >= 15 is 0 Å². The van der Waals surface area contributed by atoms with Crippen molar-refractivity contribution in [3.8, 4) is 5.75 Å². The van der Waals surface area contributed by atoms with Gasteiger partial charge in [0.1, 0.15) is 5.75 Å². The molecular formula is C14H14N4O2. The van der Waals surface area contributed by atoms with Crippen molar-refractivity contribution < 1.29 is 9.15 Å². The normalized spacial score (nSPS) is 18.1. The second-order valence-electron chi connectivity index (χ2n) is 4.82. The van der Waals surface area contributed by atoms with E-state index < -0.39 is 0 Å². The maximum absolute atomic E-state index is 5.85. The quantitative estimate of drug-likeness (QED) is 0.744. The van der Waals surface area contributed by atoms with Crippen LogP contribution in [0.5, 0.6) is 5.75 Å². The number of methoxy groups -OCH3 is 1. The van der Waals surface area contributed by atoms with Gasteiger partial charge < -0.3 is 14.1 Å². The number of nitrogens with one attached hydrogen (secondary N) is 2. The summed E-state index contributed by atoms with van der Waals surface area (Å²) >= 11 is 0. The molecule has 1 aliphatic rings. The molecule has 0 amide bonds. The van der Waals surface area contributed by atoms with Gasteiger partial charge in [0.15, 0.2) is 11.1 Å². The van der Waals surface area contributed by atoms with Gasteiger partial charge in [-0.2, -0.15) is 0 Å². The zero-order valence-corrected chi connectivity index (χ0v) is 11.0. The Hall–Kier alpha value is -2.34. The lowest BCUT2D eigenvalue weighted by Gasteiger charge is -2.19. The Morgan fingerprint density at radius 2 is 2.35 bits per heavy atom. The van der Waals surface area contributed by atoms with Gasteiger partial charge in [0.25, 0.3) is 0 Å². The minimum atomic E-state index is 0.0444. The average molecular weight is 270 g/mol. The Bertz CT molecular complexity index is 761. The van der Waals surface area contributed by atoms with Crippen molar-refractivity contribution in [1.29, 1.82) is 0 Å². The summed E-state index contributed by atoms with van der Waals surface area (Å²) in [6.45, 7) is 0.746. The van der Waals surface area contributed by atoms with E-state index in [-0.39, 0.29) is 6.04 Å². The molecule has 0 saturated heterocycles. The molecule has 3 heterocycles. The lowest BCUT2D eigenvalue weighted by atomic mass is 10.1. The van der Waals surface area contributed by atoms with Crippen molar-refractivity contribution in [1.82, 2.24) is 20.3 Å². The molecule has 0 bridgehead atoms. The van der Waals surface area contributed by atoms with Gasteiger partial charge in [0.2, 0.25) is 5.89 Å². The van der Waals surface area contributed by atoms with Gasteiger partial charge in [-0.3, -0.25) is 5.32 Å². The van der Waals surface area contributed by atoms with Crippen LogP contribution in [0.15, 0.2) is 28.9 Å². The van der Waals surface area contributed by atoms with Crippen LogP contribution in [0.2, 0.25) is 0 Å². The highest BCUT2D eigenvalue weighted by Gasteiger charge is 2.25. The van der Waals surface area contributed by atoms with E-state index in [1.165, 1.54) is 0 Å². The fourth-order valence-corrected chi connectivity index (χ4v) is 2.60. The van der Waals surface area contributed by atoms with Gasteiger partial charge in [-0.05, 0) is 12.1 Å². The van der Waals surface area contributed by atoms with Crippen LogP contribution < -0.4 is 10.1 Å². The summed E-state index contributed by atoms with van der Waals surface area (Å²) in [4.78, 5) is 12.0. The Labute approximate surface area is 115 Å². The van der Waals surface area contributed by atoms with Gasteiger partial charge >= 0.3 is 0 Å². The smallest absolute Gasteiger partial charge is 0.213 e. The number of imidazole rings is 1. The molecular weight excluding hydrogens is 256 g/mol. The topological polar surface area (TPSA) is 76.0 Å². The number of nitrogens with zero attached hydrogens (tertiary/aromatic N) is 2. The largest absolute Gasteiger partial charge is 0.494 e. The van der Waals surface area contributed by atoms with E-state index in [0.29, 0.717) is 5.89 Å². The molecule has 1 aliphatic heterocycles. The highest BCUT2D eigenvalue weighted by Crippen LogP contribution is 2.30. The highest BCUT2D eigenvalue weighted by atomic mass is 16.5. The molecule has 6 nitrogen and oxygen atoms in total. The molecule has 2 aromatic heterocycles. The minimum absolute atomic E-state index is 0.0444. The third kappa shape index (κ3) is 1.69. The molecule has 0 radical (unpaired) electrons. The van der Waals surface area contributed by atoms with Crippen molar-refractivity contribution >= 4 is 11.1 Å². The maximum Gasteiger partial charge on any atom is 0.213 e. The molecule has 6 heteroatoms. The second kappa shape index (κ2) is 4.35. The van der Waals surface area contributed by atoms with E-state index in [4.69, 9.17) is 9.15 Å². The minimum Gasteiger partial charge on any atom is -0.494 e. The van der Waals surface area contributed by atoms with Crippen LogP contribution in [0.3, 0.4) is 0 Å². The molecule has 102 valence electrons. The van der Waals surface area contributed by atoms with E-state index in [0.717, 1.165) is 41.2 Å². The van der Waals surface area contributed by atoms with Gasteiger partial charge in [-0.1, -0.05) is 6.07 Å². The van der Waals surface area contributed by atoms with E-state index in [2.05, 4.69) is 20.3 Å². The van der Waals surface area contributed by atoms with Gasteiger partial charge in [0.05, 0.1) is 30.9 Å². The monoisotopic (exact) mass is 270 g/mol. The summed E-state index contributed by atoms with van der Waals surface area (Å²) in [6, 6.07) is 5.73. The number of oxazole rings is 1. The van der Waals surface area contributed by atoms with Crippen molar-refractivity contribution in [2.75, 3.05) is 7.11 Å². The third-order valence-corrected chi connectivity index (χ3v) is 3.65. The lowest BCUT2D eigenvalue weighted by molar-refractivity contribution is 0.391. The van der Waals surface area contributed by atoms with E-state index in [1.807, 2.05) is 18.2 Å². The fourth-order valence-electron chi connectivity index (χ4n) is 2.60. The van der Waals surface area contributed by atoms with E-state index in [1.54, 1.807) is 13.4 Å². The predicted molar refractivity (Wildman–Crippen MR) is 72.4 cm³/mol. The van der Waals surface area contributed by atoms with E-state index in [9.17, 15) is 0 Å². The Morgan fingerprint density at radius 1 is 1.40 bits per heavy atom. The maximum atomic E-state index is 5.85. The first-order valence-electron chi connectivity index (χ1n) is 6.53. The summed E-state index contributed by atoms with van der Waals surface area (Å²) in [5.74, 6) is 1.41. The fraction of sp³-hybridized carbons (Fsp3) is 0.286. The lowest BCUT2D eigenvalue weighted by Crippen LogP contribution is -2.28. The first-order valence-corrected chi connectivity index (χ1v) is 6.53. The summed E-state index contributed by atoms with van der Waals surface area (Å²) in [7, 11) is 1.64. The van der Waals surface area contributed by atoms with Gasteiger partial charge in [0, 0.05) is 13.0 Å². The molecule has 1 aromatic carbocycles. The number of ether oxygens (including phenoxy) is 1. The summed E-state index contributed by atoms with van der Waals surface area (Å²) in [5, 5.41) is 3.41. The number of aromatic amines is 1. The highest BCUT2D eigenvalue weighted by molar-refractivity contribution is 5.79. The number of fused-ring (bicyclic) bond motifs is 2.